The van der Waals surface area contributed by atoms with E-state index in [2.05, 4.69) is 0 Å². The molecule has 0 bridgehead atoms. The number of carbonyl (C=O) groups is 1. The van der Waals surface area contributed by atoms with Crippen LogP contribution < -0.4 is 0 Å². The van der Waals surface area contributed by atoms with E-state index in [4.69, 9.17) is 18.8 Å². The summed E-state index contributed by atoms with van der Waals surface area (Å²) in [6.45, 7) is 1.62. The molecule has 6 nitrogen and oxygen atoms in total. The molecule has 0 aromatic rings. The Morgan fingerprint density at radius 3 is 2.50 bits per heavy atom. The molecule has 0 heterocycles. The third kappa shape index (κ3) is 14.5. The quantitative estimate of drug-likeness (QED) is 0.279. The molecule has 0 aliphatic rings. The molecule has 0 amide bonds. The molecule has 0 saturated heterocycles. The average molecular weight is 394 g/mol. The Hall–Kier alpha value is 0.390. The maximum atomic E-state index is 10.1. The lowest BCUT2D eigenvalue weighted by Gasteiger charge is -2.10. The largest absolute Gasteiger partial charge is 0.480 e. The highest BCUT2D eigenvalue weighted by Crippen LogP contribution is 2.13. The fourth-order valence-electron chi connectivity index (χ4n) is 1.10. The van der Waals surface area contributed by atoms with Gasteiger partial charge in [-0.3, -0.25) is 0 Å². The van der Waals surface area contributed by atoms with Crippen LogP contribution in [0.1, 0.15) is 19.3 Å². The first kappa shape index (κ1) is 18.4. The Morgan fingerprint density at radius 1 is 1.17 bits per heavy atom. The van der Waals surface area contributed by atoms with E-state index in [-0.39, 0.29) is 6.61 Å². The third-order valence-corrected chi connectivity index (χ3v) is 3.00. The van der Waals surface area contributed by atoms with Crippen molar-refractivity contribution in [2.24, 2.45) is 0 Å². The van der Waals surface area contributed by atoms with Crippen molar-refractivity contribution in [3.05, 3.63) is 0 Å². The van der Waals surface area contributed by atoms with Crippen LogP contribution in [0.25, 0.3) is 0 Å². The van der Waals surface area contributed by atoms with Gasteiger partial charge in [-0.25, -0.2) is 4.79 Å². The number of halogens is 1. The fraction of sp³-hybridized carbons (Fsp3) is 0.900. The van der Waals surface area contributed by atoms with Crippen molar-refractivity contribution in [3.63, 3.8) is 0 Å². The van der Waals surface area contributed by atoms with Crippen LogP contribution in [0.15, 0.2) is 0 Å². The van der Waals surface area contributed by atoms with Gasteiger partial charge in [-0.05, 0) is 19.3 Å². The van der Waals surface area contributed by atoms with E-state index < -0.39 is 12.1 Å². The molecule has 1 unspecified atom stereocenters. The standard InChI is InChI=1S/C10H19IO6S/c11-18-17-7-3-9(12)2-6-15-4-1-5-16-8-10(13)14/h9,12H,1-8H2,(H,13,14). The van der Waals surface area contributed by atoms with Gasteiger partial charge < -0.3 is 23.9 Å². The van der Waals surface area contributed by atoms with Gasteiger partial charge in [0.2, 0.25) is 0 Å². The molecule has 108 valence electrons. The van der Waals surface area contributed by atoms with Crippen LogP contribution in [0.2, 0.25) is 0 Å². The Kier molecular flexibility index (Phi) is 14.1. The third-order valence-electron chi connectivity index (χ3n) is 1.98. The monoisotopic (exact) mass is 394 g/mol. The lowest BCUT2D eigenvalue weighted by molar-refractivity contribution is -0.142. The van der Waals surface area contributed by atoms with Gasteiger partial charge in [0.25, 0.3) is 0 Å². The van der Waals surface area contributed by atoms with E-state index in [9.17, 15) is 9.90 Å². The van der Waals surface area contributed by atoms with E-state index in [0.29, 0.717) is 45.7 Å². The fourth-order valence-corrected chi connectivity index (χ4v) is 1.80. The van der Waals surface area contributed by atoms with Crippen LogP contribution in [-0.2, 0) is 18.5 Å². The second-order valence-electron chi connectivity index (χ2n) is 3.53. The molecule has 0 radical (unpaired) electrons. The molecule has 0 fully saturated rings. The van der Waals surface area contributed by atoms with Crippen LogP contribution in [-0.4, -0.2) is 55.3 Å². The summed E-state index contributed by atoms with van der Waals surface area (Å²) in [7, 11) is 1.26. The number of aliphatic carboxylic acids is 1. The van der Waals surface area contributed by atoms with Crippen molar-refractivity contribution < 1.29 is 28.7 Å². The molecular formula is C10H19IO6S. The van der Waals surface area contributed by atoms with E-state index in [1.165, 1.54) is 9.21 Å². The molecule has 2 N–H and O–H groups in total. The zero-order chi connectivity index (χ0) is 13.6. The van der Waals surface area contributed by atoms with Crippen molar-refractivity contribution in [1.29, 1.82) is 0 Å². The van der Waals surface area contributed by atoms with Crippen molar-refractivity contribution in [1.82, 2.24) is 0 Å². The smallest absolute Gasteiger partial charge is 0.329 e. The van der Waals surface area contributed by atoms with Gasteiger partial charge in [0.1, 0.15) is 6.61 Å². The first-order valence-corrected chi connectivity index (χ1v) is 8.90. The predicted octanol–water partition coefficient (Wildman–Crippen LogP) is 1.65. The van der Waals surface area contributed by atoms with E-state index in [0.717, 1.165) is 0 Å². The summed E-state index contributed by atoms with van der Waals surface area (Å²) in [5, 5.41) is 17.8. The molecule has 0 spiro atoms. The molecule has 18 heavy (non-hydrogen) atoms. The minimum absolute atomic E-state index is 0.270. The maximum absolute atomic E-state index is 10.1. The number of ether oxygens (including phenoxy) is 2. The van der Waals surface area contributed by atoms with E-state index in [1.807, 2.05) is 21.2 Å². The summed E-state index contributed by atoms with van der Waals surface area (Å²) in [6, 6.07) is 0. The minimum Gasteiger partial charge on any atom is -0.480 e. The zero-order valence-corrected chi connectivity index (χ0v) is 13.0. The topological polar surface area (TPSA) is 85.2 Å². The Balaban J connectivity index is 3.12. The van der Waals surface area contributed by atoms with Crippen LogP contribution in [0.5, 0.6) is 0 Å². The Labute approximate surface area is 123 Å². The summed E-state index contributed by atoms with van der Waals surface area (Å²) in [6.07, 6.45) is 1.42. The van der Waals surface area contributed by atoms with Crippen molar-refractivity contribution in [2.75, 3.05) is 33.0 Å². The molecule has 0 saturated carbocycles. The lowest BCUT2D eigenvalue weighted by atomic mass is 10.2. The number of rotatable bonds is 13. The highest BCUT2D eigenvalue weighted by atomic mass is 127. The number of hydrogen-bond donors (Lipinski definition) is 2. The van der Waals surface area contributed by atoms with Gasteiger partial charge in [0.05, 0.1) is 21.9 Å². The molecular weight excluding hydrogens is 375 g/mol. The van der Waals surface area contributed by atoms with Crippen LogP contribution in [0.4, 0.5) is 0 Å². The number of aliphatic hydroxyl groups is 1. The summed E-state index contributed by atoms with van der Waals surface area (Å²) in [5.41, 5.74) is 0. The number of carboxylic acid groups (broad SMARTS) is 1. The molecule has 8 heteroatoms. The van der Waals surface area contributed by atoms with Gasteiger partial charge in [-0.15, -0.1) is 0 Å². The highest BCUT2D eigenvalue weighted by molar-refractivity contribution is 14.2. The lowest BCUT2D eigenvalue weighted by Crippen LogP contribution is -2.13. The number of hydrogen-bond acceptors (Lipinski definition) is 6. The first-order chi connectivity index (χ1) is 8.66. The predicted molar refractivity (Wildman–Crippen MR) is 76.7 cm³/mol. The Morgan fingerprint density at radius 2 is 1.83 bits per heavy atom. The second-order valence-corrected chi connectivity index (χ2v) is 4.97. The first-order valence-electron chi connectivity index (χ1n) is 5.62. The SMILES string of the molecule is O=C(O)COCCCOCCC(O)CCOSI. The molecule has 1 atom stereocenters. The summed E-state index contributed by atoms with van der Waals surface area (Å²) in [4.78, 5) is 10.1. The van der Waals surface area contributed by atoms with Crippen LogP contribution in [0, 0.1) is 0 Å². The number of aliphatic hydroxyl groups excluding tert-OH is 1. The van der Waals surface area contributed by atoms with Gasteiger partial charge in [0.15, 0.2) is 0 Å². The zero-order valence-electron chi connectivity index (χ0n) is 10.0. The summed E-state index contributed by atoms with van der Waals surface area (Å²) >= 11 is 2.03. The molecule has 0 aromatic carbocycles. The normalized spacial score (nSPS) is 12.6. The minimum atomic E-state index is -0.967. The van der Waals surface area contributed by atoms with Gasteiger partial charge in [0, 0.05) is 41.0 Å². The molecule has 0 aromatic heterocycles. The van der Waals surface area contributed by atoms with Gasteiger partial charge in [-0.2, -0.15) is 0 Å². The summed E-state index contributed by atoms with van der Waals surface area (Å²) < 4.78 is 15.2. The highest BCUT2D eigenvalue weighted by Gasteiger charge is 2.04. The molecule has 0 aliphatic heterocycles. The van der Waals surface area contributed by atoms with Crippen LogP contribution in [0.3, 0.4) is 0 Å². The van der Waals surface area contributed by atoms with Crippen molar-refractivity contribution >= 4 is 36.4 Å². The van der Waals surface area contributed by atoms with Crippen LogP contribution >= 0.6 is 30.4 Å². The second kappa shape index (κ2) is 13.8. The van der Waals surface area contributed by atoms with Crippen molar-refractivity contribution in [3.8, 4) is 0 Å². The van der Waals surface area contributed by atoms with Crippen molar-refractivity contribution in [2.45, 2.75) is 25.4 Å². The molecule has 0 rings (SSSR count). The van der Waals surface area contributed by atoms with E-state index >= 15 is 0 Å². The average Bonchev–Trinajstić information content (AvgIpc) is 2.32. The maximum Gasteiger partial charge on any atom is 0.329 e. The van der Waals surface area contributed by atoms with Gasteiger partial charge >= 0.3 is 5.97 Å². The van der Waals surface area contributed by atoms with E-state index in [1.54, 1.807) is 0 Å². The number of carboxylic acids is 1. The summed E-state index contributed by atoms with van der Waals surface area (Å²) in [5.74, 6) is -0.967. The van der Waals surface area contributed by atoms with Gasteiger partial charge in [-0.1, -0.05) is 0 Å². The molecule has 0 aliphatic carbocycles. The Bertz CT molecular complexity index is 207.